The average Bonchev–Trinajstić information content (AvgIpc) is 2.81. The molecule has 0 aliphatic carbocycles. The lowest BCUT2D eigenvalue weighted by atomic mass is 10.1. The Bertz CT molecular complexity index is 579. The number of nitrogens with zero attached hydrogens (tertiary/aromatic N) is 1. The van der Waals surface area contributed by atoms with Crippen LogP contribution in [0.1, 0.15) is 38.7 Å². The molecule has 1 fully saturated rings. The Morgan fingerprint density at radius 3 is 2.60 bits per heavy atom. The first-order valence-corrected chi connectivity index (χ1v) is 8.29. The van der Waals surface area contributed by atoms with Gasteiger partial charge in [0.2, 0.25) is 0 Å². The topological polar surface area (TPSA) is 67.8 Å². The Kier molecular flexibility index (Phi) is 4.77. The molecule has 20 heavy (non-hydrogen) atoms. The molecule has 0 amide bonds. The molecular formula is C14H20N2O3S. The predicted molar refractivity (Wildman–Crippen MR) is 78.0 cm³/mol. The second-order valence-corrected chi connectivity index (χ2v) is 6.60. The van der Waals surface area contributed by atoms with Crippen molar-refractivity contribution >= 4 is 15.9 Å². The molecule has 1 aromatic carbocycles. The van der Waals surface area contributed by atoms with E-state index < -0.39 is 10.0 Å². The number of sulfonamides is 1. The van der Waals surface area contributed by atoms with Crippen molar-refractivity contribution in [2.45, 2.75) is 50.5 Å². The summed E-state index contributed by atoms with van der Waals surface area (Å²) < 4.78 is 28.0. The third-order valence-corrected chi connectivity index (χ3v) is 4.46. The van der Waals surface area contributed by atoms with Gasteiger partial charge >= 0.3 is 0 Å². The van der Waals surface area contributed by atoms with Crippen molar-refractivity contribution in [3.63, 3.8) is 0 Å². The van der Waals surface area contributed by atoms with E-state index in [0.29, 0.717) is 12.3 Å². The molecule has 1 aliphatic rings. The lowest BCUT2D eigenvalue weighted by molar-refractivity contribution is 0.0575. The monoisotopic (exact) mass is 296 g/mol. The Labute approximate surface area is 120 Å². The minimum atomic E-state index is -3.66. The molecule has 1 unspecified atom stereocenters. The third-order valence-electron chi connectivity index (χ3n) is 3.13. The van der Waals surface area contributed by atoms with Crippen LogP contribution in [0.4, 0.5) is 0 Å². The summed E-state index contributed by atoms with van der Waals surface area (Å²) in [7, 11) is -3.66. The summed E-state index contributed by atoms with van der Waals surface area (Å²) >= 11 is 0. The van der Waals surface area contributed by atoms with Gasteiger partial charge in [0, 0.05) is 6.42 Å². The summed E-state index contributed by atoms with van der Waals surface area (Å²) in [5.41, 5.74) is 3.69. The molecule has 1 atom stereocenters. The van der Waals surface area contributed by atoms with Gasteiger partial charge in [-0.2, -0.15) is 8.42 Å². The number of amidine groups is 1. The predicted octanol–water partition coefficient (Wildman–Crippen LogP) is 2.43. The van der Waals surface area contributed by atoms with Crippen LogP contribution in [0.25, 0.3) is 0 Å². The SMILES string of the molecule is CCCCc1ccc(S(=O)(=O)/N=C2\CC(C)ON2)cc1. The highest BCUT2D eigenvalue weighted by Gasteiger charge is 2.21. The van der Waals surface area contributed by atoms with Crippen molar-refractivity contribution in [2.24, 2.45) is 4.40 Å². The van der Waals surface area contributed by atoms with Crippen molar-refractivity contribution in [3.8, 4) is 0 Å². The molecule has 1 heterocycles. The lowest BCUT2D eigenvalue weighted by Crippen LogP contribution is -2.15. The van der Waals surface area contributed by atoms with Crippen molar-refractivity contribution < 1.29 is 13.3 Å². The minimum Gasteiger partial charge on any atom is -0.271 e. The number of hydrogen-bond donors (Lipinski definition) is 1. The molecule has 1 N–H and O–H groups in total. The van der Waals surface area contributed by atoms with Gasteiger partial charge in [-0.15, -0.1) is 4.40 Å². The van der Waals surface area contributed by atoms with Crippen LogP contribution in [-0.2, 0) is 21.3 Å². The molecule has 110 valence electrons. The van der Waals surface area contributed by atoms with Gasteiger partial charge in [-0.25, -0.2) is 0 Å². The second kappa shape index (κ2) is 6.37. The molecule has 5 nitrogen and oxygen atoms in total. The highest BCUT2D eigenvalue weighted by molar-refractivity contribution is 7.90. The van der Waals surface area contributed by atoms with Gasteiger partial charge in [-0.05, 0) is 37.5 Å². The maximum absolute atomic E-state index is 12.1. The molecule has 0 aromatic heterocycles. The van der Waals surface area contributed by atoms with Gasteiger partial charge in [-0.1, -0.05) is 25.5 Å². The summed E-state index contributed by atoms with van der Waals surface area (Å²) in [5.74, 6) is 0.354. The van der Waals surface area contributed by atoms with E-state index in [4.69, 9.17) is 4.84 Å². The van der Waals surface area contributed by atoms with Crippen LogP contribution in [0.15, 0.2) is 33.6 Å². The molecule has 1 saturated heterocycles. The normalized spacial score (nSPS) is 21.1. The van der Waals surface area contributed by atoms with Crippen LogP contribution < -0.4 is 5.48 Å². The average molecular weight is 296 g/mol. The van der Waals surface area contributed by atoms with E-state index in [0.717, 1.165) is 24.8 Å². The molecule has 0 saturated carbocycles. The maximum atomic E-state index is 12.1. The van der Waals surface area contributed by atoms with Crippen molar-refractivity contribution in [1.82, 2.24) is 5.48 Å². The number of hydrogen-bond acceptors (Lipinski definition) is 3. The van der Waals surface area contributed by atoms with E-state index in [1.165, 1.54) is 0 Å². The number of aryl methyl sites for hydroxylation is 1. The smallest absolute Gasteiger partial charge is 0.271 e. The first kappa shape index (κ1) is 15.0. The van der Waals surface area contributed by atoms with E-state index >= 15 is 0 Å². The Hall–Kier alpha value is -1.40. The highest BCUT2D eigenvalue weighted by Crippen LogP contribution is 2.16. The second-order valence-electron chi connectivity index (χ2n) is 5.00. The van der Waals surface area contributed by atoms with Gasteiger partial charge in [0.25, 0.3) is 10.0 Å². The molecule has 0 spiro atoms. The van der Waals surface area contributed by atoms with Crippen molar-refractivity contribution in [2.75, 3.05) is 0 Å². The summed E-state index contributed by atoms with van der Waals surface area (Å²) in [6.45, 7) is 3.98. The quantitative estimate of drug-likeness (QED) is 0.906. The molecule has 2 rings (SSSR count). The van der Waals surface area contributed by atoms with Crippen LogP contribution >= 0.6 is 0 Å². The van der Waals surface area contributed by atoms with Crippen molar-refractivity contribution in [3.05, 3.63) is 29.8 Å². The summed E-state index contributed by atoms with van der Waals surface area (Å²) in [6, 6.07) is 6.93. The molecule has 1 aromatic rings. The van der Waals surface area contributed by atoms with E-state index in [1.807, 2.05) is 19.1 Å². The number of rotatable bonds is 5. The van der Waals surface area contributed by atoms with Crippen molar-refractivity contribution in [1.29, 1.82) is 0 Å². The molecule has 0 bridgehead atoms. The summed E-state index contributed by atoms with van der Waals surface area (Å²) in [4.78, 5) is 5.28. The number of nitrogens with one attached hydrogen (secondary N) is 1. The summed E-state index contributed by atoms with van der Waals surface area (Å²) in [5, 5.41) is 0. The van der Waals surface area contributed by atoms with E-state index in [-0.39, 0.29) is 11.0 Å². The largest absolute Gasteiger partial charge is 0.284 e. The Morgan fingerprint density at radius 2 is 2.05 bits per heavy atom. The van der Waals surface area contributed by atoms with Gasteiger partial charge in [0.1, 0.15) is 5.84 Å². The minimum absolute atomic E-state index is 0.0552. The molecular weight excluding hydrogens is 276 g/mol. The third kappa shape index (κ3) is 3.80. The first-order valence-electron chi connectivity index (χ1n) is 6.85. The lowest BCUT2D eigenvalue weighted by Gasteiger charge is -2.03. The highest BCUT2D eigenvalue weighted by atomic mass is 32.2. The van der Waals surface area contributed by atoms with Gasteiger partial charge < -0.3 is 0 Å². The summed E-state index contributed by atoms with van der Waals surface area (Å²) in [6.07, 6.45) is 3.62. The van der Waals surface area contributed by atoms with Crippen LogP contribution in [0.5, 0.6) is 0 Å². The van der Waals surface area contributed by atoms with Gasteiger partial charge in [0.15, 0.2) is 0 Å². The van der Waals surface area contributed by atoms with E-state index in [9.17, 15) is 8.42 Å². The fourth-order valence-corrected chi connectivity index (χ4v) is 2.97. The van der Waals surface area contributed by atoms with Crippen LogP contribution in [-0.4, -0.2) is 20.4 Å². The van der Waals surface area contributed by atoms with Crippen LogP contribution in [0.3, 0.4) is 0 Å². The van der Waals surface area contributed by atoms with E-state index in [2.05, 4.69) is 16.8 Å². The zero-order valence-electron chi connectivity index (χ0n) is 11.8. The van der Waals surface area contributed by atoms with E-state index in [1.54, 1.807) is 12.1 Å². The van der Waals surface area contributed by atoms with Gasteiger partial charge in [-0.3, -0.25) is 10.3 Å². The zero-order valence-corrected chi connectivity index (χ0v) is 12.6. The van der Waals surface area contributed by atoms with Crippen LogP contribution in [0, 0.1) is 0 Å². The number of hydroxylamine groups is 1. The first-order chi connectivity index (χ1) is 9.51. The van der Waals surface area contributed by atoms with Crippen LogP contribution in [0.2, 0.25) is 0 Å². The standard InChI is InChI=1S/C14H20N2O3S/c1-3-4-5-12-6-8-13(9-7-12)20(17,18)16-14-10-11(2)19-15-14/h6-9,11H,3-5,10H2,1-2H3,(H,15,16). The zero-order chi connectivity index (χ0) is 14.6. The van der Waals surface area contributed by atoms with Gasteiger partial charge in [0.05, 0.1) is 11.0 Å². The fourth-order valence-electron chi connectivity index (χ4n) is 1.99. The maximum Gasteiger partial charge on any atom is 0.284 e. The number of unbranched alkanes of at least 4 members (excludes halogenated alkanes) is 1. The fraction of sp³-hybridized carbons (Fsp3) is 0.500. The number of benzene rings is 1. The Morgan fingerprint density at radius 1 is 1.35 bits per heavy atom. The Balaban J connectivity index is 2.13. The molecule has 1 aliphatic heterocycles. The molecule has 0 radical (unpaired) electrons. The molecule has 6 heteroatoms.